The molecule has 0 aliphatic carbocycles. The van der Waals surface area contributed by atoms with Crippen LogP contribution in [0.2, 0.25) is 0 Å². The molecule has 0 amide bonds. The molecule has 12 aromatic rings. The molecule has 6 heteroatoms. The van der Waals surface area contributed by atoms with E-state index in [1.807, 2.05) is 11.3 Å². The average Bonchev–Trinajstić information content (AvgIpc) is 4.10. The standard InChI is InChI=1S/C68H54BN3OS/c1-67(2,3)45-29-33-47(34-30-45)71-55-24-16-25-56-64(55)69(65-57(71)39-40-62-63(65)53-22-11-13-28-61(53)74-62)54-38-37-50(42-59(54)72(56)48-35-31-46(32-36-48)68(4,5)6)70(49-20-14-19-44(41-49)43-17-8-7-9-18-43)58-26-15-23-52-51-21-10-12-27-60(51)73-66(52)58/h7-42H,1-6H3. The molecule has 74 heavy (non-hydrogen) atoms. The third-order valence-electron chi connectivity index (χ3n) is 15.6. The zero-order valence-electron chi connectivity index (χ0n) is 42.5. The maximum atomic E-state index is 6.89. The van der Waals surface area contributed by atoms with Crippen LogP contribution in [-0.4, -0.2) is 6.71 Å². The number of para-hydroxylation sites is 2. The van der Waals surface area contributed by atoms with Gasteiger partial charge in [-0.1, -0.05) is 169 Å². The lowest BCUT2D eigenvalue weighted by Crippen LogP contribution is -2.61. The van der Waals surface area contributed by atoms with Gasteiger partial charge in [0.25, 0.3) is 6.71 Å². The van der Waals surface area contributed by atoms with Crippen LogP contribution in [0.5, 0.6) is 0 Å². The van der Waals surface area contributed by atoms with Crippen molar-refractivity contribution in [1.82, 2.24) is 0 Å². The van der Waals surface area contributed by atoms with E-state index in [2.05, 4.69) is 275 Å². The average molecular weight is 972 g/mol. The minimum atomic E-state index is -0.0779. The lowest BCUT2D eigenvalue weighted by Gasteiger charge is -2.44. The van der Waals surface area contributed by atoms with E-state index in [0.717, 1.165) is 61.6 Å². The number of anilines is 9. The van der Waals surface area contributed by atoms with Crippen molar-refractivity contribution >= 4 is 128 Å². The highest BCUT2D eigenvalue weighted by Crippen LogP contribution is 2.49. The first-order chi connectivity index (χ1) is 36.0. The Hall–Kier alpha value is -8.32. The van der Waals surface area contributed by atoms with Gasteiger partial charge in [-0.2, -0.15) is 0 Å². The van der Waals surface area contributed by atoms with E-state index < -0.39 is 0 Å². The van der Waals surface area contributed by atoms with Gasteiger partial charge in [-0.05, 0) is 151 Å². The second-order valence-corrected chi connectivity index (χ2v) is 23.2. The van der Waals surface area contributed by atoms with Gasteiger partial charge in [-0.15, -0.1) is 11.3 Å². The molecule has 0 N–H and O–H groups in total. The molecule has 356 valence electrons. The first kappa shape index (κ1) is 44.4. The molecule has 0 spiro atoms. The molecule has 0 radical (unpaired) electrons. The van der Waals surface area contributed by atoms with E-state index in [9.17, 15) is 0 Å². The third kappa shape index (κ3) is 6.96. The Balaban J connectivity index is 1.06. The number of thiophene rings is 1. The molecule has 14 rings (SSSR count). The van der Waals surface area contributed by atoms with E-state index in [1.54, 1.807) is 0 Å². The second-order valence-electron chi connectivity index (χ2n) is 22.1. The summed E-state index contributed by atoms with van der Waals surface area (Å²) in [5.41, 5.74) is 20.7. The number of hydrogen-bond acceptors (Lipinski definition) is 5. The summed E-state index contributed by atoms with van der Waals surface area (Å²) in [6, 6.07) is 81.1. The minimum absolute atomic E-state index is 0.00357. The van der Waals surface area contributed by atoms with Gasteiger partial charge >= 0.3 is 0 Å². The number of rotatable bonds is 6. The lowest BCUT2D eigenvalue weighted by molar-refractivity contribution is 0.590. The van der Waals surface area contributed by atoms with Gasteiger partial charge in [-0.25, -0.2) is 0 Å². The molecule has 2 aliphatic heterocycles. The summed E-state index contributed by atoms with van der Waals surface area (Å²) >= 11 is 1.89. The normalized spacial score (nSPS) is 13.2. The zero-order valence-corrected chi connectivity index (χ0v) is 43.3. The molecule has 0 saturated heterocycles. The lowest BCUT2D eigenvalue weighted by atomic mass is 9.33. The highest BCUT2D eigenvalue weighted by Gasteiger charge is 2.45. The molecule has 0 unspecified atom stereocenters. The second kappa shape index (κ2) is 16.6. The van der Waals surface area contributed by atoms with Gasteiger partial charge in [0.05, 0.1) is 5.69 Å². The monoisotopic (exact) mass is 971 g/mol. The van der Waals surface area contributed by atoms with Crippen molar-refractivity contribution in [1.29, 1.82) is 0 Å². The van der Waals surface area contributed by atoms with Crippen LogP contribution in [0.25, 0.3) is 53.2 Å². The van der Waals surface area contributed by atoms with Crippen LogP contribution in [0.4, 0.5) is 51.2 Å². The van der Waals surface area contributed by atoms with Gasteiger partial charge in [0.1, 0.15) is 5.58 Å². The van der Waals surface area contributed by atoms with Gasteiger partial charge < -0.3 is 19.1 Å². The SMILES string of the molecule is CC(C)(C)c1ccc(N2c3cc(N(c4cccc(-c5ccccc5)c4)c4cccc5c4oc4ccccc45)ccc3B3c4c2cccc4N(c2ccc(C(C)(C)C)cc2)c2ccc4sc5ccccc5c4c23)cc1. The van der Waals surface area contributed by atoms with E-state index in [-0.39, 0.29) is 17.5 Å². The highest BCUT2D eigenvalue weighted by molar-refractivity contribution is 7.26. The Morgan fingerprint density at radius 2 is 1.01 bits per heavy atom. The number of fused-ring (bicyclic) bond motifs is 11. The Labute approximate surface area is 437 Å². The van der Waals surface area contributed by atoms with Crippen LogP contribution < -0.4 is 31.1 Å². The van der Waals surface area contributed by atoms with Crippen LogP contribution in [0, 0.1) is 0 Å². The molecule has 0 saturated carbocycles. The molecule has 4 nitrogen and oxygen atoms in total. The van der Waals surface area contributed by atoms with Crippen LogP contribution in [0.15, 0.2) is 223 Å². The molecule has 0 atom stereocenters. The molecule has 0 bridgehead atoms. The summed E-state index contributed by atoms with van der Waals surface area (Å²) in [5, 5.41) is 4.83. The Bertz CT molecular complexity index is 4180. The summed E-state index contributed by atoms with van der Waals surface area (Å²) in [6.07, 6.45) is 0. The van der Waals surface area contributed by atoms with Crippen LogP contribution >= 0.6 is 11.3 Å². The molecule has 4 heterocycles. The summed E-state index contributed by atoms with van der Waals surface area (Å²) < 4.78 is 9.49. The maximum Gasteiger partial charge on any atom is 0.253 e. The van der Waals surface area contributed by atoms with Crippen molar-refractivity contribution in [3.8, 4) is 11.1 Å². The smallest absolute Gasteiger partial charge is 0.253 e. The van der Waals surface area contributed by atoms with Crippen LogP contribution in [0.1, 0.15) is 52.7 Å². The highest BCUT2D eigenvalue weighted by atomic mass is 32.1. The molecule has 2 aliphatic rings. The van der Waals surface area contributed by atoms with Crippen molar-refractivity contribution in [3.05, 3.63) is 230 Å². The van der Waals surface area contributed by atoms with Crippen molar-refractivity contribution in [2.24, 2.45) is 0 Å². The topological polar surface area (TPSA) is 22.9 Å². The maximum absolute atomic E-state index is 6.89. The molecular formula is C68H54BN3OS. The first-order valence-corrected chi connectivity index (χ1v) is 26.7. The molecule has 2 aromatic heterocycles. The van der Waals surface area contributed by atoms with Crippen molar-refractivity contribution < 1.29 is 4.42 Å². The van der Waals surface area contributed by atoms with E-state index in [1.165, 1.54) is 70.3 Å². The largest absolute Gasteiger partial charge is 0.454 e. The van der Waals surface area contributed by atoms with Crippen molar-refractivity contribution in [2.75, 3.05) is 14.7 Å². The predicted octanol–water partition coefficient (Wildman–Crippen LogP) is 17.8. The fourth-order valence-corrected chi connectivity index (χ4v) is 13.1. The Kier molecular flexibility index (Phi) is 9.96. The summed E-state index contributed by atoms with van der Waals surface area (Å²) in [4.78, 5) is 7.49. The fourth-order valence-electron chi connectivity index (χ4n) is 11.9. The van der Waals surface area contributed by atoms with Gasteiger partial charge in [0, 0.05) is 65.7 Å². The van der Waals surface area contributed by atoms with Crippen LogP contribution in [-0.2, 0) is 10.8 Å². The summed E-state index contributed by atoms with van der Waals surface area (Å²) in [6.45, 7) is 13.7. The van der Waals surface area contributed by atoms with Gasteiger partial charge in [0.2, 0.25) is 0 Å². The van der Waals surface area contributed by atoms with Crippen molar-refractivity contribution in [2.45, 2.75) is 52.4 Å². The minimum Gasteiger partial charge on any atom is -0.454 e. The quantitative estimate of drug-likeness (QED) is 0.155. The molecule has 0 fully saturated rings. The predicted molar refractivity (Wildman–Crippen MR) is 318 cm³/mol. The van der Waals surface area contributed by atoms with E-state index in [0.29, 0.717) is 0 Å². The number of nitrogens with zero attached hydrogens (tertiary/aromatic N) is 3. The number of benzene rings is 10. The Morgan fingerprint density at radius 3 is 1.73 bits per heavy atom. The van der Waals surface area contributed by atoms with Gasteiger partial charge in [0.15, 0.2) is 5.58 Å². The number of furan rings is 1. The van der Waals surface area contributed by atoms with E-state index in [4.69, 9.17) is 4.42 Å². The van der Waals surface area contributed by atoms with E-state index >= 15 is 0 Å². The van der Waals surface area contributed by atoms with Crippen LogP contribution in [0.3, 0.4) is 0 Å². The first-order valence-electron chi connectivity index (χ1n) is 25.9. The van der Waals surface area contributed by atoms with Crippen molar-refractivity contribution in [3.63, 3.8) is 0 Å². The third-order valence-corrected chi connectivity index (χ3v) is 16.7. The summed E-state index contributed by atoms with van der Waals surface area (Å²) in [5.74, 6) is 0. The molecular weight excluding hydrogens is 918 g/mol. The zero-order chi connectivity index (χ0) is 50.0. The Morgan fingerprint density at radius 1 is 0.432 bits per heavy atom. The number of hydrogen-bond donors (Lipinski definition) is 0. The molecule has 10 aromatic carbocycles. The fraction of sp³-hybridized carbons (Fsp3) is 0.118. The summed E-state index contributed by atoms with van der Waals surface area (Å²) in [7, 11) is 0. The van der Waals surface area contributed by atoms with Gasteiger partial charge in [-0.3, -0.25) is 0 Å².